The van der Waals surface area contributed by atoms with Crippen molar-refractivity contribution in [2.24, 2.45) is 0 Å². The average Bonchev–Trinajstić information content (AvgIpc) is 3.49. The summed E-state index contributed by atoms with van der Waals surface area (Å²) in [7, 11) is 0. The van der Waals surface area contributed by atoms with Crippen molar-refractivity contribution in [1.29, 1.82) is 0 Å². The lowest BCUT2D eigenvalue weighted by Crippen LogP contribution is -2.02. The Labute approximate surface area is 160 Å². The van der Waals surface area contributed by atoms with Gasteiger partial charge in [0.2, 0.25) is 0 Å². The fourth-order valence-corrected chi connectivity index (χ4v) is 4.44. The van der Waals surface area contributed by atoms with E-state index in [1.54, 1.807) is 6.07 Å². The van der Waals surface area contributed by atoms with Crippen LogP contribution in [-0.2, 0) is 6.18 Å². The van der Waals surface area contributed by atoms with Gasteiger partial charge in [-0.2, -0.15) is 17.5 Å². The molecule has 0 aliphatic heterocycles. The van der Waals surface area contributed by atoms with Crippen LogP contribution < -0.4 is 0 Å². The van der Waals surface area contributed by atoms with Crippen molar-refractivity contribution in [3.8, 4) is 11.3 Å². The number of nitrogens with zero attached hydrogens (tertiary/aromatic N) is 2. The Morgan fingerprint density at radius 3 is 2.38 bits per heavy atom. The predicted molar refractivity (Wildman–Crippen MR) is 94.1 cm³/mol. The van der Waals surface area contributed by atoms with Crippen molar-refractivity contribution in [1.82, 2.24) is 9.36 Å². The maximum Gasteiger partial charge on any atom is 0.428 e. The molecule has 2 fully saturated rings. The number of hydrogen-bond donors (Lipinski definition) is 0. The Morgan fingerprint density at radius 2 is 1.81 bits per heavy atom. The summed E-state index contributed by atoms with van der Waals surface area (Å²) in [5.74, 6) is 1.07. The Balaban J connectivity index is 1.79. The second-order valence-corrected chi connectivity index (χ2v) is 8.33. The molecule has 0 spiro atoms. The molecule has 3 nitrogen and oxygen atoms in total. The lowest BCUT2D eigenvalue weighted by Gasteiger charge is -2.09. The first-order chi connectivity index (χ1) is 12.3. The lowest BCUT2D eigenvalue weighted by molar-refractivity contribution is -0.134. The molecule has 3 aromatic rings. The van der Waals surface area contributed by atoms with Crippen LogP contribution >= 0.6 is 34.7 Å². The van der Waals surface area contributed by atoms with E-state index in [0.717, 1.165) is 31.2 Å². The van der Waals surface area contributed by atoms with Crippen LogP contribution in [0.2, 0.25) is 10.0 Å². The van der Waals surface area contributed by atoms with Crippen LogP contribution in [0.5, 0.6) is 0 Å². The summed E-state index contributed by atoms with van der Waals surface area (Å²) >= 11 is 12.8. The molecular weight excluding hydrogens is 408 g/mol. The van der Waals surface area contributed by atoms with Gasteiger partial charge >= 0.3 is 6.18 Å². The first-order valence-corrected chi connectivity index (χ1v) is 9.73. The predicted octanol–water partition coefficient (Wildman–Crippen LogP) is 7.03. The maximum atomic E-state index is 13.2. The minimum absolute atomic E-state index is 0.103. The molecule has 0 unspecified atom stereocenters. The van der Waals surface area contributed by atoms with E-state index in [1.807, 2.05) is 0 Å². The molecule has 2 aliphatic carbocycles. The summed E-state index contributed by atoms with van der Waals surface area (Å²) in [6.07, 6.45) is -0.659. The minimum atomic E-state index is -4.54. The van der Waals surface area contributed by atoms with Gasteiger partial charge in [-0.05, 0) is 54.8 Å². The van der Waals surface area contributed by atoms with Crippen molar-refractivity contribution in [3.05, 3.63) is 32.4 Å². The van der Waals surface area contributed by atoms with Crippen LogP contribution in [0.3, 0.4) is 0 Å². The molecule has 0 N–H and O–H groups in total. The molecule has 5 rings (SSSR count). The fourth-order valence-electron chi connectivity index (χ4n) is 3.15. The molecule has 0 atom stereocenters. The van der Waals surface area contributed by atoms with E-state index in [1.165, 1.54) is 0 Å². The van der Waals surface area contributed by atoms with Crippen LogP contribution in [-0.4, -0.2) is 9.36 Å². The molecule has 1 aromatic carbocycles. The molecule has 0 saturated heterocycles. The molecular formula is C17H11Cl2F3N2OS. The van der Waals surface area contributed by atoms with Crippen molar-refractivity contribution >= 4 is 45.8 Å². The highest BCUT2D eigenvalue weighted by molar-refractivity contribution is 7.07. The first kappa shape index (κ1) is 16.8. The molecule has 2 heterocycles. The number of halogens is 5. The summed E-state index contributed by atoms with van der Waals surface area (Å²) in [5.41, 5.74) is 2.30. The van der Waals surface area contributed by atoms with Crippen LogP contribution in [0.4, 0.5) is 13.2 Å². The monoisotopic (exact) mass is 418 g/mol. The van der Waals surface area contributed by atoms with Crippen molar-refractivity contribution in [2.75, 3.05) is 0 Å². The van der Waals surface area contributed by atoms with Crippen molar-refractivity contribution < 1.29 is 17.6 Å². The number of rotatable bonds is 3. The van der Waals surface area contributed by atoms with E-state index in [-0.39, 0.29) is 17.5 Å². The van der Waals surface area contributed by atoms with E-state index < -0.39 is 16.1 Å². The van der Waals surface area contributed by atoms with Gasteiger partial charge in [0.15, 0.2) is 11.5 Å². The third kappa shape index (κ3) is 2.63. The molecule has 136 valence electrons. The highest BCUT2D eigenvalue weighted by atomic mass is 35.5. The van der Waals surface area contributed by atoms with Crippen LogP contribution in [0.1, 0.15) is 53.9 Å². The zero-order valence-electron chi connectivity index (χ0n) is 13.2. The van der Waals surface area contributed by atoms with Gasteiger partial charge in [-0.3, -0.25) is 0 Å². The van der Waals surface area contributed by atoms with E-state index in [2.05, 4.69) is 9.36 Å². The molecule has 2 aliphatic rings. The lowest BCUT2D eigenvalue weighted by atomic mass is 9.99. The van der Waals surface area contributed by atoms with Gasteiger partial charge in [0.1, 0.15) is 16.1 Å². The molecule has 2 saturated carbocycles. The minimum Gasteiger partial charge on any atom is -0.440 e. The topological polar surface area (TPSA) is 38.9 Å². The molecule has 0 bridgehead atoms. The standard InChI is InChI=1S/C17H11Cl2F3N2OS/c18-9-5-8(6-1-2-6)10(13-11(19)15(26-24-13)17(20,21)22)14-12(9)23-16(25-14)7-3-4-7/h5-7H,1-4H2. The quantitative estimate of drug-likeness (QED) is 0.458. The highest BCUT2D eigenvalue weighted by Crippen LogP contribution is 2.52. The summed E-state index contributed by atoms with van der Waals surface area (Å²) < 4.78 is 49.5. The average molecular weight is 419 g/mol. The second kappa shape index (κ2) is 5.59. The van der Waals surface area contributed by atoms with Gasteiger partial charge in [0, 0.05) is 5.92 Å². The number of alkyl halides is 3. The zero-order valence-corrected chi connectivity index (χ0v) is 15.5. The van der Waals surface area contributed by atoms with Gasteiger partial charge < -0.3 is 4.42 Å². The van der Waals surface area contributed by atoms with Crippen LogP contribution in [0.15, 0.2) is 10.5 Å². The van der Waals surface area contributed by atoms with Crippen molar-refractivity contribution in [2.45, 2.75) is 43.7 Å². The summed E-state index contributed by atoms with van der Waals surface area (Å²) in [6.45, 7) is 0. The van der Waals surface area contributed by atoms with Gasteiger partial charge in [-0.15, -0.1) is 0 Å². The third-order valence-corrected chi connectivity index (χ3v) is 6.40. The molecule has 9 heteroatoms. The SMILES string of the molecule is FC(F)(F)c1snc(-c2c(C3CC3)cc(Cl)c3nc(C4CC4)oc23)c1Cl. The normalized spacial score (nSPS) is 18.0. The zero-order chi connectivity index (χ0) is 18.2. The first-order valence-electron chi connectivity index (χ1n) is 8.20. The van der Waals surface area contributed by atoms with Crippen LogP contribution in [0.25, 0.3) is 22.4 Å². The Hall–Kier alpha value is -1.31. The summed E-state index contributed by atoms with van der Waals surface area (Å²) in [4.78, 5) is 3.58. The molecule has 2 aromatic heterocycles. The Morgan fingerprint density at radius 1 is 1.12 bits per heavy atom. The van der Waals surface area contributed by atoms with E-state index >= 15 is 0 Å². The van der Waals surface area contributed by atoms with E-state index in [0.29, 0.717) is 39.1 Å². The Bertz CT molecular complexity index is 1030. The fraction of sp³-hybridized carbons (Fsp3) is 0.412. The van der Waals surface area contributed by atoms with Gasteiger partial charge in [0.25, 0.3) is 0 Å². The summed E-state index contributed by atoms with van der Waals surface area (Å²) in [5, 5.41) is 0.0566. The second-order valence-electron chi connectivity index (χ2n) is 6.77. The van der Waals surface area contributed by atoms with Crippen molar-refractivity contribution in [3.63, 3.8) is 0 Å². The number of fused-ring (bicyclic) bond motifs is 1. The van der Waals surface area contributed by atoms with E-state index in [9.17, 15) is 13.2 Å². The smallest absolute Gasteiger partial charge is 0.428 e. The maximum absolute atomic E-state index is 13.2. The number of hydrogen-bond acceptors (Lipinski definition) is 4. The third-order valence-electron chi connectivity index (χ3n) is 4.74. The largest absolute Gasteiger partial charge is 0.440 e. The Kier molecular flexibility index (Phi) is 3.62. The summed E-state index contributed by atoms with van der Waals surface area (Å²) in [6, 6.07) is 1.78. The van der Waals surface area contributed by atoms with Crippen LogP contribution in [0, 0.1) is 0 Å². The highest BCUT2D eigenvalue weighted by Gasteiger charge is 2.40. The van der Waals surface area contributed by atoms with Gasteiger partial charge in [-0.25, -0.2) is 4.98 Å². The van der Waals surface area contributed by atoms with E-state index in [4.69, 9.17) is 27.6 Å². The van der Waals surface area contributed by atoms with Gasteiger partial charge in [0.05, 0.1) is 15.6 Å². The number of aromatic nitrogens is 2. The number of benzene rings is 1. The molecule has 0 amide bonds. The molecule has 26 heavy (non-hydrogen) atoms. The number of oxazole rings is 1. The van der Waals surface area contributed by atoms with Gasteiger partial charge in [-0.1, -0.05) is 23.2 Å². The molecule has 0 radical (unpaired) electrons.